The Kier molecular flexibility index (Phi) is 4.39. The van der Waals surface area contributed by atoms with Crippen molar-refractivity contribution in [3.05, 3.63) is 46.5 Å². The molecule has 2 rings (SSSR count). The number of benzene rings is 1. The molecule has 0 spiro atoms. The molecular weight excluding hydrogens is 286 g/mol. The molecule has 0 saturated carbocycles. The number of ether oxygens (including phenoxy) is 1. The summed E-state index contributed by atoms with van der Waals surface area (Å²) in [5.74, 6) is -1.77. The van der Waals surface area contributed by atoms with E-state index in [0.29, 0.717) is 11.6 Å². The third-order valence-electron chi connectivity index (χ3n) is 2.53. The summed E-state index contributed by atoms with van der Waals surface area (Å²) in [6.45, 7) is 4.09. The number of anilines is 1. The highest BCUT2D eigenvalue weighted by atomic mass is 35.5. The van der Waals surface area contributed by atoms with Crippen molar-refractivity contribution in [3.8, 4) is 11.6 Å². The zero-order valence-electron chi connectivity index (χ0n) is 11.0. The van der Waals surface area contributed by atoms with E-state index < -0.39 is 11.6 Å². The van der Waals surface area contributed by atoms with Gasteiger partial charge in [0.15, 0.2) is 17.5 Å². The van der Waals surface area contributed by atoms with Crippen LogP contribution in [0, 0.1) is 18.6 Å². The zero-order valence-corrected chi connectivity index (χ0v) is 11.8. The fourth-order valence-electron chi connectivity index (χ4n) is 1.61. The first kappa shape index (κ1) is 14.5. The first-order valence-corrected chi connectivity index (χ1v) is 6.43. The van der Waals surface area contributed by atoms with Crippen molar-refractivity contribution in [3.63, 3.8) is 0 Å². The minimum atomic E-state index is -0.887. The van der Waals surface area contributed by atoms with Crippen molar-refractivity contribution in [2.45, 2.75) is 13.8 Å². The predicted octanol–water partition coefficient (Wildman–Crippen LogP) is 4.55. The maximum atomic E-state index is 13.7. The van der Waals surface area contributed by atoms with Crippen molar-refractivity contribution >= 4 is 17.4 Å². The Morgan fingerprint density at radius 1 is 1.25 bits per heavy atom. The van der Waals surface area contributed by atoms with E-state index in [1.165, 1.54) is 0 Å². The highest BCUT2D eigenvalue weighted by Crippen LogP contribution is 2.31. The van der Waals surface area contributed by atoms with Gasteiger partial charge in [-0.05, 0) is 31.5 Å². The molecule has 0 aliphatic heterocycles. The van der Waals surface area contributed by atoms with E-state index in [2.05, 4.69) is 10.3 Å². The number of rotatable bonds is 4. The molecular formula is C14H13ClF2N2O. The second-order valence-electron chi connectivity index (χ2n) is 4.17. The Balaban J connectivity index is 2.37. The van der Waals surface area contributed by atoms with Crippen LogP contribution in [0.15, 0.2) is 24.3 Å². The third-order valence-corrected chi connectivity index (χ3v) is 2.85. The summed E-state index contributed by atoms with van der Waals surface area (Å²) >= 11 is 5.97. The Hall–Kier alpha value is -1.88. The molecule has 0 bridgehead atoms. The number of hydrogen-bond acceptors (Lipinski definition) is 3. The van der Waals surface area contributed by atoms with Gasteiger partial charge < -0.3 is 10.1 Å². The van der Waals surface area contributed by atoms with Gasteiger partial charge in [0.1, 0.15) is 5.75 Å². The lowest BCUT2D eigenvalue weighted by atomic mass is 10.2. The molecule has 3 nitrogen and oxygen atoms in total. The van der Waals surface area contributed by atoms with Gasteiger partial charge in [0.05, 0.1) is 5.02 Å². The number of aromatic nitrogens is 1. The molecule has 1 aromatic carbocycles. The molecule has 0 radical (unpaired) electrons. The van der Waals surface area contributed by atoms with Crippen molar-refractivity contribution in [1.82, 2.24) is 4.98 Å². The van der Waals surface area contributed by atoms with Crippen LogP contribution in [0.4, 0.5) is 14.6 Å². The van der Waals surface area contributed by atoms with E-state index in [4.69, 9.17) is 16.3 Å². The summed E-state index contributed by atoms with van der Waals surface area (Å²) in [6, 6.07) is 5.82. The average molecular weight is 299 g/mol. The number of hydrogen-bond donors (Lipinski definition) is 1. The molecule has 20 heavy (non-hydrogen) atoms. The maximum Gasteiger partial charge on any atom is 0.258 e. The van der Waals surface area contributed by atoms with Gasteiger partial charge in [-0.2, -0.15) is 4.98 Å². The molecule has 0 aliphatic carbocycles. The van der Waals surface area contributed by atoms with E-state index in [1.807, 2.05) is 6.92 Å². The highest BCUT2D eigenvalue weighted by molar-refractivity contribution is 6.32. The van der Waals surface area contributed by atoms with Gasteiger partial charge in [0.25, 0.3) is 5.88 Å². The van der Waals surface area contributed by atoms with Crippen molar-refractivity contribution in [1.29, 1.82) is 0 Å². The summed E-state index contributed by atoms with van der Waals surface area (Å²) in [6.07, 6.45) is 0. The first-order chi connectivity index (χ1) is 9.51. The summed E-state index contributed by atoms with van der Waals surface area (Å²) in [4.78, 5) is 3.79. The fourth-order valence-corrected chi connectivity index (χ4v) is 1.76. The molecule has 0 amide bonds. The van der Waals surface area contributed by atoms with Crippen LogP contribution < -0.4 is 10.1 Å². The minimum Gasteiger partial charge on any atom is -0.435 e. The minimum absolute atomic E-state index is 0.0623. The third kappa shape index (κ3) is 3.17. The van der Waals surface area contributed by atoms with Crippen LogP contribution in [0.5, 0.6) is 11.6 Å². The number of nitrogens with one attached hydrogen (secondary N) is 1. The molecule has 1 aromatic heterocycles. The van der Waals surface area contributed by atoms with Gasteiger partial charge in [-0.1, -0.05) is 17.7 Å². The van der Waals surface area contributed by atoms with Gasteiger partial charge in [0.2, 0.25) is 0 Å². The Labute approximate surface area is 120 Å². The van der Waals surface area contributed by atoms with Gasteiger partial charge in [0, 0.05) is 12.6 Å². The molecule has 0 unspecified atom stereocenters. The highest BCUT2D eigenvalue weighted by Gasteiger charge is 2.14. The summed E-state index contributed by atoms with van der Waals surface area (Å²) in [5.41, 5.74) is 0.902. The van der Waals surface area contributed by atoms with Gasteiger partial charge in [-0.3, -0.25) is 0 Å². The van der Waals surface area contributed by atoms with E-state index in [9.17, 15) is 8.78 Å². The van der Waals surface area contributed by atoms with E-state index in [0.717, 1.165) is 11.6 Å². The van der Waals surface area contributed by atoms with Crippen LogP contribution in [-0.2, 0) is 0 Å². The lowest BCUT2D eigenvalue weighted by molar-refractivity contribution is 0.418. The summed E-state index contributed by atoms with van der Waals surface area (Å²) in [5, 5.41) is 3.01. The largest absolute Gasteiger partial charge is 0.435 e. The topological polar surface area (TPSA) is 34.2 Å². The van der Waals surface area contributed by atoms with Crippen molar-refractivity contribution in [2.75, 3.05) is 11.9 Å². The lowest BCUT2D eigenvalue weighted by Crippen LogP contribution is -2.04. The average Bonchev–Trinajstić information content (AvgIpc) is 2.39. The summed E-state index contributed by atoms with van der Waals surface area (Å²) in [7, 11) is 0. The van der Waals surface area contributed by atoms with Gasteiger partial charge >= 0.3 is 0 Å². The van der Waals surface area contributed by atoms with E-state index >= 15 is 0 Å². The molecule has 1 heterocycles. The Morgan fingerprint density at radius 3 is 2.70 bits per heavy atom. The van der Waals surface area contributed by atoms with E-state index in [1.54, 1.807) is 25.1 Å². The standard InChI is InChI=1S/C14H13ClF2N2O/c1-3-18-13-10(16)7-11(17)14(19-13)20-12-6-8(2)4-5-9(12)15/h4-7H,3H2,1-2H3,(H,18,19). The van der Waals surface area contributed by atoms with Crippen molar-refractivity contribution < 1.29 is 13.5 Å². The predicted molar refractivity (Wildman–Crippen MR) is 74.6 cm³/mol. The number of halogens is 3. The Bertz CT molecular complexity index is 635. The van der Waals surface area contributed by atoms with Crippen LogP contribution in [0.1, 0.15) is 12.5 Å². The molecule has 0 aliphatic rings. The van der Waals surface area contributed by atoms with Gasteiger partial charge in [-0.25, -0.2) is 8.78 Å². The number of aryl methyl sites for hydroxylation is 1. The van der Waals surface area contributed by atoms with Crippen LogP contribution >= 0.6 is 11.6 Å². The number of pyridine rings is 1. The number of nitrogens with zero attached hydrogens (tertiary/aromatic N) is 1. The maximum absolute atomic E-state index is 13.7. The van der Waals surface area contributed by atoms with Gasteiger partial charge in [-0.15, -0.1) is 0 Å². The van der Waals surface area contributed by atoms with E-state index in [-0.39, 0.29) is 17.4 Å². The SMILES string of the molecule is CCNc1nc(Oc2cc(C)ccc2Cl)c(F)cc1F. The van der Waals surface area contributed by atoms with Crippen LogP contribution in [0.2, 0.25) is 5.02 Å². The van der Waals surface area contributed by atoms with Crippen LogP contribution in [0.3, 0.4) is 0 Å². The molecule has 6 heteroatoms. The molecule has 2 aromatic rings. The van der Waals surface area contributed by atoms with Crippen LogP contribution in [-0.4, -0.2) is 11.5 Å². The molecule has 0 fully saturated rings. The second kappa shape index (κ2) is 6.05. The Morgan fingerprint density at radius 2 is 2.00 bits per heavy atom. The molecule has 106 valence electrons. The monoisotopic (exact) mass is 298 g/mol. The lowest BCUT2D eigenvalue weighted by Gasteiger charge is -2.11. The normalized spacial score (nSPS) is 10.4. The van der Waals surface area contributed by atoms with Crippen LogP contribution in [0.25, 0.3) is 0 Å². The first-order valence-electron chi connectivity index (χ1n) is 6.05. The smallest absolute Gasteiger partial charge is 0.258 e. The fraction of sp³-hybridized carbons (Fsp3) is 0.214. The second-order valence-corrected chi connectivity index (χ2v) is 4.58. The molecule has 0 atom stereocenters. The zero-order chi connectivity index (χ0) is 14.7. The quantitative estimate of drug-likeness (QED) is 0.899. The molecule has 0 saturated heterocycles. The van der Waals surface area contributed by atoms with Crippen molar-refractivity contribution in [2.24, 2.45) is 0 Å². The molecule has 1 N–H and O–H groups in total. The summed E-state index contributed by atoms with van der Waals surface area (Å²) < 4.78 is 32.5.